The van der Waals surface area contributed by atoms with Gasteiger partial charge in [0.05, 0.1) is 23.5 Å². The minimum absolute atomic E-state index is 0. The maximum Gasteiger partial charge on any atom is 0.296 e. The molecule has 14 heteroatoms. The zero-order valence-corrected chi connectivity index (χ0v) is 39.6. The Morgan fingerprint density at radius 2 is 0.758 bits per heavy atom. The van der Waals surface area contributed by atoms with Crippen molar-refractivity contribution >= 4 is 43.0 Å². The zero-order chi connectivity index (χ0) is 42.9. The molecule has 0 aromatic heterocycles. The Kier molecular flexibility index (Phi) is 15.8. The van der Waals surface area contributed by atoms with Crippen LogP contribution in [0.1, 0.15) is 56.6 Å². The standard InChI is InChI=1S/2C24H24N2O3S.2Ag/c2*1-17-13-18(2)24(19(3)14-17)25-15-22(20-9-5-4-6-10-20)26(16-25)21-11-7-8-12-23(21)30(27,28)29;;/h2*4-14,22H,15H2,1-3H3,(H,27,28,29);;/t2*22-;;/m11../s1. The van der Waals surface area contributed by atoms with Gasteiger partial charge in [0.15, 0.2) is 0 Å². The first-order valence-corrected chi connectivity index (χ1v) is 22.4. The molecular weight excluding hydrogens is 1010 g/mol. The van der Waals surface area contributed by atoms with E-state index in [2.05, 4.69) is 79.1 Å². The summed E-state index contributed by atoms with van der Waals surface area (Å²) in [5, 5.41) is 0. The first-order valence-electron chi connectivity index (χ1n) is 19.6. The van der Waals surface area contributed by atoms with Crippen LogP contribution in [0.5, 0.6) is 0 Å². The second-order valence-corrected chi connectivity index (χ2v) is 18.2. The Hall–Kier alpha value is -4.18. The molecule has 2 heterocycles. The molecule has 6 radical (unpaired) electrons. The molecule has 0 bridgehead atoms. The van der Waals surface area contributed by atoms with Crippen LogP contribution in [-0.2, 0) is 65.0 Å². The van der Waals surface area contributed by atoms with Gasteiger partial charge < -0.3 is 19.6 Å². The molecule has 2 saturated heterocycles. The molecule has 2 aliphatic heterocycles. The second kappa shape index (κ2) is 20.1. The second-order valence-electron chi connectivity index (χ2n) is 15.4. The Morgan fingerprint density at radius 3 is 1.06 bits per heavy atom. The van der Waals surface area contributed by atoms with Crippen LogP contribution in [0.2, 0.25) is 0 Å². The van der Waals surface area contributed by atoms with Gasteiger partial charge in [-0.05, 0) is 99.2 Å². The van der Waals surface area contributed by atoms with E-state index in [1.807, 2.05) is 80.3 Å². The predicted molar refractivity (Wildman–Crippen MR) is 238 cm³/mol. The maximum absolute atomic E-state index is 12.0. The molecule has 0 aliphatic carbocycles. The molecule has 0 spiro atoms. The molecule has 2 atom stereocenters. The van der Waals surface area contributed by atoms with Crippen LogP contribution in [0, 0.1) is 54.9 Å². The van der Waals surface area contributed by atoms with Crippen LogP contribution >= 0.6 is 0 Å². The summed E-state index contributed by atoms with van der Waals surface area (Å²) < 4.78 is 67.7. The molecule has 0 saturated carbocycles. The summed E-state index contributed by atoms with van der Waals surface area (Å²) in [6.07, 6.45) is 0. The van der Waals surface area contributed by atoms with Crippen LogP contribution in [0.15, 0.2) is 143 Å². The molecule has 8 rings (SSSR count). The van der Waals surface area contributed by atoms with E-state index in [4.69, 9.17) is 0 Å². The summed E-state index contributed by atoms with van der Waals surface area (Å²) >= 11 is 0. The topological polar surface area (TPSA) is 122 Å². The summed E-state index contributed by atoms with van der Waals surface area (Å²) in [6.45, 7) is 20.4. The van der Waals surface area contributed by atoms with E-state index in [1.165, 1.54) is 23.3 Å². The van der Waals surface area contributed by atoms with Crippen molar-refractivity contribution in [2.75, 3.05) is 32.7 Å². The van der Waals surface area contributed by atoms with E-state index in [0.717, 1.165) is 44.8 Å². The minimum atomic E-state index is -4.38. The largest absolute Gasteiger partial charge is 0.338 e. The van der Waals surface area contributed by atoms with Crippen molar-refractivity contribution in [2.24, 2.45) is 0 Å². The van der Waals surface area contributed by atoms with E-state index in [1.54, 1.807) is 36.4 Å². The summed E-state index contributed by atoms with van der Waals surface area (Å²) in [5.41, 5.74) is 11.9. The van der Waals surface area contributed by atoms with E-state index in [9.17, 15) is 25.9 Å². The Balaban J connectivity index is 0.000000227. The van der Waals surface area contributed by atoms with Gasteiger partial charge >= 0.3 is 0 Å². The van der Waals surface area contributed by atoms with Gasteiger partial charge in [-0.1, -0.05) is 120 Å². The first kappa shape index (κ1) is 48.8. The third-order valence-corrected chi connectivity index (χ3v) is 12.6. The van der Waals surface area contributed by atoms with E-state index >= 15 is 0 Å². The van der Waals surface area contributed by atoms with Crippen molar-refractivity contribution in [3.8, 4) is 0 Å². The van der Waals surface area contributed by atoms with Crippen molar-refractivity contribution in [3.63, 3.8) is 0 Å². The number of hydrogen-bond acceptors (Lipinski definition) is 8. The summed E-state index contributed by atoms with van der Waals surface area (Å²) in [4.78, 5) is 7.47. The van der Waals surface area contributed by atoms with Crippen molar-refractivity contribution in [3.05, 3.63) is 191 Å². The SMILES string of the molecule is Cc1cc(C)c(N2[C]N(c3ccccc3S(=O)(=O)O)[C@@H](c3ccccc3)C2)c(C)c1.Cc1cc(C)c(N2[C]N(c3ccccc3S(=O)(=O)O)[C@@H](c3ccccc3)C2)c(C)c1.[Ag].[Ag]. The third-order valence-electron chi connectivity index (χ3n) is 10.8. The molecule has 0 amide bonds. The van der Waals surface area contributed by atoms with E-state index < -0.39 is 20.2 Å². The number of anilines is 4. The van der Waals surface area contributed by atoms with Crippen molar-refractivity contribution < 1.29 is 70.7 Å². The average molecular weight is 1060 g/mol. The van der Waals surface area contributed by atoms with Crippen LogP contribution < -0.4 is 19.6 Å². The minimum Gasteiger partial charge on any atom is -0.338 e. The number of benzene rings is 6. The fourth-order valence-corrected chi connectivity index (χ4v) is 9.88. The van der Waals surface area contributed by atoms with Gasteiger partial charge in [0.2, 0.25) is 13.3 Å². The summed E-state index contributed by atoms with van der Waals surface area (Å²) in [7, 11) is -8.76. The van der Waals surface area contributed by atoms with Gasteiger partial charge in [0, 0.05) is 69.2 Å². The molecule has 2 fully saturated rings. The van der Waals surface area contributed by atoms with Gasteiger partial charge in [0.25, 0.3) is 20.2 Å². The predicted octanol–water partition coefficient (Wildman–Crippen LogP) is 9.84. The molecular formula is C48H48Ag2N4O6S2. The Labute approximate surface area is 398 Å². The zero-order valence-electron chi connectivity index (χ0n) is 35.0. The number of aryl methyl sites for hydroxylation is 6. The molecule has 330 valence electrons. The van der Waals surface area contributed by atoms with Crippen molar-refractivity contribution in [2.45, 2.75) is 63.4 Å². The number of para-hydroxylation sites is 2. The van der Waals surface area contributed by atoms with Crippen LogP contribution in [-0.4, -0.2) is 39.0 Å². The number of nitrogens with zero attached hydrogens (tertiary/aromatic N) is 4. The monoisotopic (exact) mass is 1050 g/mol. The first-order chi connectivity index (χ1) is 28.5. The van der Waals surface area contributed by atoms with Crippen LogP contribution in [0.3, 0.4) is 0 Å². The normalized spacial score (nSPS) is 16.3. The van der Waals surface area contributed by atoms with Gasteiger partial charge in [-0.2, -0.15) is 16.8 Å². The number of hydrogen-bond donors (Lipinski definition) is 2. The average Bonchev–Trinajstić information content (AvgIpc) is 3.83. The molecule has 6 aromatic rings. The molecule has 6 aromatic carbocycles. The quantitative estimate of drug-likeness (QED) is 0.113. The molecule has 62 heavy (non-hydrogen) atoms. The third kappa shape index (κ3) is 10.6. The Morgan fingerprint density at radius 1 is 0.468 bits per heavy atom. The van der Waals surface area contributed by atoms with E-state index in [-0.39, 0.29) is 66.6 Å². The molecule has 2 aliphatic rings. The number of rotatable bonds is 8. The van der Waals surface area contributed by atoms with Crippen LogP contribution in [0.25, 0.3) is 0 Å². The fourth-order valence-electron chi connectivity index (χ4n) is 8.52. The van der Waals surface area contributed by atoms with Gasteiger partial charge in [-0.15, -0.1) is 0 Å². The van der Waals surface area contributed by atoms with Crippen molar-refractivity contribution in [1.82, 2.24) is 0 Å². The molecule has 2 N–H and O–H groups in total. The fraction of sp³-hybridized carbons (Fsp3) is 0.208. The van der Waals surface area contributed by atoms with Crippen LogP contribution in [0.4, 0.5) is 22.7 Å². The molecule has 0 unspecified atom stereocenters. The van der Waals surface area contributed by atoms with Crippen molar-refractivity contribution in [1.29, 1.82) is 0 Å². The Bertz CT molecular complexity index is 2510. The maximum atomic E-state index is 12.0. The smallest absolute Gasteiger partial charge is 0.296 e. The summed E-state index contributed by atoms with van der Waals surface area (Å²) in [5.74, 6) is 0. The summed E-state index contributed by atoms with van der Waals surface area (Å²) in [6, 6.07) is 41.0. The van der Waals surface area contributed by atoms with Gasteiger partial charge in [-0.25, -0.2) is 0 Å². The van der Waals surface area contributed by atoms with E-state index in [0.29, 0.717) is 24.5 Å². The van der Waals surface area contributed by atoms with Gasteiger partial charge in [0.1, 0.15) is 9.79 Å². The molecule has 10 nitrogen and oxygen atoms in total. The van der Waals surface area contributed by atoms with Gasteiger partial charge in [-0.3, -0.25) is 9.11 Å².